The summed E-state index contributed by atoms with van der Waals surface area (Å²) in [5.41, 5.74) is 6.70. The molecule has 0 atom stereocenters. The molecular formula is C25H19N3O. The maximum atomic E-state index is 6.35. The SMILES string of the molecule is NN(c1ccc(-c2ccccc2)cc1)c1ccc(-c2nc3ccccc3o2)cc1. The Bertz CT molecular complexity index is 1210. The number of oxazole rings is 1. The summed E-state index contributed by atoms with van der Waals surface area (Å²) in [6.45, 7) is 0. The van der Waals surface area contributed by atoms with Gasteiger partial charge in [0.05, 0.1) is 11.4 Å². The van der Waals surface area contributed by atoms with Crippen LogP contribution in [0.15, 0.2) is 108 Å². The lowest BCUT2D eigenvalue weighted by atomic mass is 10.1. The van der Waals surface area contributed by atoms with E-state index in [2.05, 4.69) is 29.2 Å². The van der Waals surface area contributed by atoms with E-state index in [1.54, 1.807) is 5.01 Å². The van der Waals surface area contributed by atoms with Gasteiger partial charge in [-0.2, -0.15) is 0 Å². The summed E-state index contributed by atoms with van der Waals surface area (Å²) in [5.74, 6) is 6.95. The summed E-state index contributed by atoms with van der Waals surface area (Å²) in [6, 6.07) is 34.1. The summed E-state index contributed by atoms with van der Waals surface area (Å²) >= 11 is 0. The molecule has 140 valence electrons. The Kier molecular flexibility index (Phi) is 4.31. The monoisotopic (exact) mass is 377 g/mol. The minimum atomic E-state index is 0.605. The second-order valence-corrected chi connectivity index (χ2v) is 6.82. The van der Waals surface area contributed by atoms with E-state index in [9.17, 15) is 0 Å². The zero-order valence-electron chi connectivity index (χ0n) is 15.7. The van der Waals surface area contributed by atoms with Gasteiger partial charge >= 0.3 is 0 Å². The third-order valence-electron chi connectivity index (χ3n) is 4.94. The molecule has 0 spiro atoms. The quantitative estimate of drug-likeness (QED) is 0.300. The van der Waals surface area contributed by atoms with Crippen molar-refractivity contribution in [2.75, 3.05) is 5.01 Å². The summed E-state index contributed by atoms with van der Waals surface area (Å²) in [4.78, 5) is 4.54. The van der Waals surface area contributed by atoms with E-state index in [1.165, 1.54) is 5.56 Å². The van der Waals surface area contributed by atoms with Crippen LogP contribution in [0.3, 0.4) is 0 Å². The molecule has 4 aromatic carbocycles. The maximum absolute atomic E-state index is 6.35. The van der Waals surface area contributed by atoms with E-state index in [4.69, 9.17) is 10.3 Å². The zero-order valence-corrected chi connectivity index (χ0v) is 15.7. The van der Waals surface area contributed by atoms with Gasteiger partial charge in [-0.05, 0) is 59.7 Å². The third kappa shape index (κ3) is 3.37. The van der Waals surface area contributed by atoms with Crippen LogP contribution < -0.4 is 10.9 Å². The number of hydrogen-bond donors (Lipinski definition) is 1. The second-order valence-electron chi connectivity index (χ2n) is 6.82. The first kappa shape index (κ1) is 17.2. The van der Waals surface area contributed by atoms with Crippen molar-refractivity contribution >= 4 is 22.5 Å². The van der Waals surface area contributed by atoms with E-state index >= 15 is 0 Å². The Morgan fingerprint density at radius 1 is 0.586 bits per heavy atom. The normalized spacial score (nSPS) is 10.9. The van der Waals surface area contributed by atoms with E-state index in [-0.39, 0.29) is 0 Å². The van der Waals surface area contributed by atoms with E-state index in [1.807, 2.05) is 78.9 Å². The number of rotatable bonds is 4. The van der Waals surface area contributed by atoms with Crippen LogP contribution in [0.2, 0.25) is 0 Å². The van der Waals surface area contributed by atoms with Crippen molar-refractivity contribution in [3.63, 3.8) is 0 Å². The second kappa shape index (κ2) is 7.26. The summed E-state index contributed by atoms with van der Waals surface area (Å²) in [7, 11) is 0. The van der Waals surface area contributed by atoms with Crippen molar-refractivity contribution in [3.8, 4) is 22.6 Å². The lowest BCUT2D eigenvalue weighted by Crippen LogP contribution is -2.24. The Labute approximate surface area is 168 Å². The minimum Gasteiger partial charge on any atom is -0.436 e. The molecule has 0 aliphatic carbocycles. The zero-order chi connectivity index (χ0) is 19.6. The summed E-state index contributed by atoms with van der Waals surface area (Å²) in [5, 5.41) is 1.67. The Balaban J connectivity index is 1.38. The number of fused-ring (bicyclic) bond motifs is 1. The highest BCUT2D eigenvalue weighted by Gasteiger charge is 2.10. The van der Waals surface area contributed by atoms with E-state index in [0.717, 1.165) is 33.6 Å². The third-order valence-corrected chi connectivity index (χ3v) is 4.94. The maximum Gasteiger partial charge on any atom is 0.227 e. The number of para-hydroxylation sites is 2. The Morgan fingerprint density at radius 3 is 1.79 bits per heavy atom. The average molecular weight is 377 g/mol. The Hall–Kier alpha value is -3.89. The molecule has 0 amide bonds. The number of aromatic nitrogens is 1. The molecule has 2 N–H and O–H groups in total. The van der Waals surface area contributed by atoms with Gasteiger partial charge in [0.15, 0.2) is 5.58 Å². The summed E-state index contributed by atoms with van der Waals surface area (Å²) < 4.78 is 5.84. The van der Waals surface area contributed by atoms with Crippen molar-refractivity contribution in [1.82, 2.24) is 4.98 Å². The Morgan fingerprint density at radius 2 is 1.14 bits per heavy atom. The largest absolute Gasteiger partial charge is 0.436 e. The molecule has 1 aromatic heterocycles. The highest BCUT2D eigenvalue weighted by atomic mass is 16.3. The molecular weight excluding hydrogens is 358 g/mol. The van der Waals surface area contributed by atoms with Crippen molar-refractivity contribution in [3.05, 3.63) is 103 Å². The topological polar surface area (TPSA) is 55.3 Å². The fourth-order valence-electron chi connectivity index (χ4n) is 3.35. The van der Waals surface area contributed by atoms with Gasteiger partial charge in [0, 0.05) is 5.56 Å². The first-order valence-corrected chi connectivity index (χ1v) is 9.44. The molecule has 0 aliphatic rings. The van der Waals surface area contributed by atoms with Gasteiger partial charge in [-0.1, -0.05) is 54.6 Å². The highest BCUT2D eigenvalue weighted by Crippen LogP contribution is 2.29. The van der Waals surface area contributed by atoms with Crippen LogP contribution in [0.25, 0.3) is 33.7 Å². The molecule has 0 saturated heterocycles. The fraction of sp³-hybridized carbons (Fsp3) is 0. The molecule has 29 heavy (non-hydrogen) atoms. The van der Waals surface area contributed by atoms with Crippen molar-refractivity contribution < 1.29 is 4.42 Å². The van der Waals surface area contributed by atoms with Gasteiger partial charge < -0.3 is 4.42 Å². The molecule has 5 rings (SSSR count). The molecule has 0 aliphatic heterocycles. The van der Waals surface area contributed by atoms with Gasteiger partial charge in [0.25, 0.3) is 0 Å². The molecule has 1 heterocycles. The predicted octanol–water partition coefficient (Wildman–Crippen LogP) is 6.17. The number of nitrogens with two attached hydrogens (primary N) is 1. The van der Waals surface area contributed by atoms with Crippen LogP contribution >= 0.6 is 0 Å². The standard InChI is InChI=1S/C25H19N3O/c26-28(21-14-10-19(11-15-21)18-6-2-1-3-7-18)22-16-12-20(13-17-22)25-27-23-8-4-5-9-24(23)29-25/h1-17H,26H2. The highest BCUT2D eigenvalue weighted by molar-refractivity contribution is 5.76. The number of anilines is 2. The van der Waals surface area contributed by atoms with Gasteiger partial charge in [-0.15, -0.1) is 0 Å². The molecule has 0 fully saturated rings. The molecule has 4 nitrogen and oxygen atoms in total. The van der Waals surface area contributed by atoms with E-state index < -0.39 is 0 Å². The molecule has 0 bridgehead atoms. The predicted molar refractivity (Wildman–Crippen MR) is 118 cm³/mol. The van der Waals surface area contributed by atoms with Crippen LogP contribution in [-0.4, -0.2) is 4.98 Å². The van der Waals surface area contributed by atoms with Crippen molar-refractivity contribution in [2.24, 2.45) is 5.84 Å². The molecule has 0 saturated carbocycles. The van der Waals surface area contributed by atoms with Gasteiger partial charge in [0.2, 0.25) is 5.89 Å². The van der Waals surface area contributed by atoms with Crippen LogP contribution in [0.4, 0.5) is 11.4 Å². The smallest absolute Gasteiger partial charge is 0.227 e. The average Bonchev–Trinajstić information content (AvgIpc) is 3.24. The van der Waals surface area contributed by atoms with Crippen LogP contribution in [0.5, 0.6) is 0 Å². The van der Waals surface area contributed by atoms with Crippen LogP contribution in [0.1, 0.15) is 0 Å². The number of nitrogens with zero attached hydrogens (tertiary/aromatic N) is 2. The van der Waals surface area contributed by atoms with Gasteiger partial charge in [0.1, 0.15) is 5.52 Å². The van der Waals surface area contributed by atoms with Gasteiger partial charge in [-0.3, -0.25) is 5.01 Å². The van der Waals surface area contributed by atoms with Crippen molar-refractivity contribution in [1.29, 1.82) is 0 Å². The number of benzene rings is 4. The fourth-order valence-corrected chi connectivity index (χ4v) is 3.35. The summed E-state index contributed by atoms with van der Waals surface area (Å²) in [6.07, 6.45) is 0. The minimum absolute atomic E-state index is 0.605. The molecule has 5 aromatic rings. The van der Waals surface area contributed by atoms with Gasteiger partial charge in [-0.25, -0.2) is 10.8 Å². The molecule has 0 unspecified atom stereocenters. The lowest BCUT2D eigenvalue weighted by Gasteiger charge is -2.19. The lowest BCUT2D eigenvalue weighted by molar-refractivity contribution is 0.620. The number of hydrazine groups is 1. The first-order valence-electron chi connectivity index (χ1n) is 9.44. The first-order chi connectivity index (χ1) is 14.3. The van der Waals surface area contributed by atoms with Crippen LogP contribution in [0, 0.1) is 0 Å². The van der Waals surface area contributed by atoms with Crippen LogP contribution in [-0.2, 0) is 0 Å². The van der Waals surface area contributed by atoms with E-state index in [0.29, 0.717) is 5.89 Å². The van der Waals surface area contributed by atoms with Crippen molar-refractivity contribution in [2.45, 2.75) is 0 Å². The molecule has 4 heteroatoms. The number of hydrogen-bond acceptors (Lipinski definition) is 4. The molecule has 0 radical (unpaired) electrons.